The number of rotatable bonds is 6. The van der Waals surface area contributed by atoms with Crippen molar-refractivity contribution < 1.29 is 9.18 Å². The predicted molar refractivity (Wildman–Crippen MR) is 105 cm³/mol. The summed E-state index contributed by atoms with van der Waals surface area (Å²) in [6.07, 6.45) is 1.54. The van der Waals surface area contributed by atoms with E-state index in [2.05, 4.69) is 15.6 Å². The maximum absolute atomic E-state index is 13.6. The Morgan fingerprint density at radius 1 is 1.08 bits per heavy atom. The minimum Gasteiger partial charge on any atom is -0.383 e. The summed E-state index contributed by atoms with van der Waals surface area (Å²) in [6.45, 7) is 0.923. The third-order valence-corrected chi connectivity index (χ3v) is 4.64. The second kappa shape index (κ2) is 9.17. The Kier molecular flexibility index (Phi) is 6.94. The Labute approximate surface area is 160 Å². The van der Waals surface area contributed by atoms with E-state index in [0.717, 1.165) is 9.75 Å². The minimum absolute atomic E-state index is 0. The Hall–Kier alpha value is -2.64. The number of benzene rings is 1. The lowest BCUT2D eigenvalue weighted by Gasteiger charge is -2.06. The molecule has 2 aromatic heterocycles. The van der Waals surface area contributed by atoms with E-state index in [1.165, 1.54) is 6.07 Å². The number of pyridine rings is 1. The summed E-state index contributed by atoms with van der Waals surface area (Å²) in [5, 5.41) is 5.89. The van der Waals surface area contributed by atoms with Gasteiger partial charge in [0.25, 0.3) is 5.91 Å². The van der Waals surface area contributed by atoms with E-state index in [1.807, 2.05) is 12.1 Å². The van der Waals surface area contributed by atoms with E-state index in [0.29, 0.717) is 24.3 Å². The molecule has 0 spiro atoms. The number of nitrogens with zero attached hydrogens (tertiary/aromatic N) is 1. The molecular weight excluding hydrogens is 375 g/mol. The van der Waals surface area contributed by atoms with Crippen molar-refractivity contribution in [1.29, 1.82) is 0 Å². The highest BCUT2D eigenvalue weighted by atomic mass is 35.5. The number of nitrogens with one attached hydrogen (secondary N) is 2. The van der Waals surface area contributed by atoms with E-state index >= 15 is 0 Å². The molecule has 3 rings (SSSR count). The quantitative estimate of drug-likeness (QED) is 0.595. The van der Waals surface area contributed by atoms with Crippen LogP contribution in [0.5, 0.6) is 0 Å². The lowest BCUT2D eigenvalue weighted by atomic mass is 10.2. The van der Waals surface area contributed by atoms with Crippen molar-refractivity contribution in [2.24, 2.45) is 0 Å². The standard InChI is InChI=1S/C18H17FN4OS.ClH/c19-15-5-1-2-6-16(15)22-10-12-7-8-13(25-12)11-23-18(24)14-4-3-9-21-17(14)20;/h1-9,22H,10-11H2,(H2,20,21)(H,23,24);1H. The third kappa shape index (κ3) is 4.93. The van der Waals surface area contributed by atoms with Crippen molar-refractivity contribution in [3.63, 3.8) is 0 Å². The number of nitrogens with two attached hydrogens (primary N) is 1. The molecule has 8 heteroatoms. The fourth-order valence-corrected chi connectivity index (χ4v) is 3.17. The molecule has 1 amide bonds. The average Bonchev–Trinajstić information content (AvgIpc) is 3.07. The number of anilines is 2. The monoisotopic (exact) mass is 392 g/mol. The first-order valence-electron chi connectivity index (χ1n) is 7.68. The van der Waals surface area contributed by atoms with Crippen LogP contribution < -0.4 is 16.4 Å². The van der Waals surface area contributed by atoms with Gasteiger partial charge < -0.3 is 16.4 Å². The van der Waals surface area contributed by atoms with Crippen molar-refractivity contribution in [2.45, 2.75) is 13.1 Å². The van der Waals surface area contributed by atoms with Crippen LogP contribution in [-0.4, -0.2) is 10.9 Å². The predicted octanol–water partition coefficient (Wildman–Crippen LogP) is 3.83. The fourth-order valence-electron chi connectivity index (χ4n) is 2.27. The van der Waals surface area contributed by atoms with Crippen molar-refractivity contribution >= 4 is 41.2 Å². The van der Waals surface area contributed by atoms with Gasteiger partial charge in [0, 0.05) is 22.5 Å². The zero-order valence-corrected chi connectivity index (χ0v) is 15.4. The summed E-state index contributed by atoms with van der Waals surface area (Å²) >= 11 is 1.55. The molecular formula is C18H18ClFN4OS. The molecule has 26 heavy (non-hydrogen) atoms. The van der Waals surface area contributed by atoms with Gasteiger partial charge >= 0.3 is 0 Å². The van der Waals surface area contributed by atoms with Gasteiger partial charge in [0.1, 0.15) is 11.6 Å². The molecule has 0 fully saturated rings. The zero-order valence-electron chi connectivity index (χ0n) is 13.7. The van der Waals surface area contributed by atoms with E-state index in [9.17, 15) is 9.18 Å². The molecule has 0 unspecified atom stereocenters. The third-order valence-electron chi connectivity index (χ3n) is 3.55. The average molecular weight is 393 g/mol. The van der Waals surface area contributed by atoms with Gasteiger partial charge in [-0.2, -0.15) is 0 Å². The summed E-state index contributed by atoms with van der Waals surface area (Å²) in [6, 6.07) is 13.8. The number of aromatic nitrogens is 1. The van der Waals surface area contributed by atoms with E-state index in [4.69, 9.17) is 5.73 Å². The van der Waals surface area contributed by atoms with Crippen LogP contribution in [0.4, 0.5) is 15.9 Å². The fraction of sp³-hybridized carbons (Fsp3) is 0.111. The smallest absolute Gasteiger partial charge is 0.255 e. The number of hydrogen-bond donors (Lipinski definition) is 3. The molecule has 0 aliphatic heterocycles. The number of nitrogen functional groups attached to an aromatic ring is 1. The zero-order chi connectivity index (χ0) is 17.6. The van der Waals surface area contributed by atoms with Gasteiger partial charge in [0.05, 0.1) is 17.8 Å². The van der Waals surface area contributed by atoms with Crippen LogP contribution in [0.3, 0.4) is 0 Å². The van der Waals surface area contributed by atoms with Gasteiger partial charge in [-0.1, -0.05) is 12.1 Å². The maximum atomic E-state index is 13.6. The van der Waals surface area contributed by atoms with Gasteiger partial charge in [-0.25, -0.2) is 9.37 Å². The Morgan fingerprint density at radius 3 is 2.54 bits per heavy atom. The van der Waals surface area contributed by atoms with Crippen molar-refractivity contribution in [1.82, 2.24) is 10.3 Å². The number of hydrogen-bond acceptors (Lipinski definition) is 5. The van der Waals surface area contributed by atoms with Crippen LogP contribution in [0.25, 0.3) is 0 Å². The second-order valence-electron chi connectivity index (χ2n) is 5.32. The molecule has 0 saturated carbocycles. The molecule has 1 aromatic carbocycles. The van der Waals surface area contributed by atoms with Crippen LogP contribution >= 0.6 is 23.7 Å². The second-order valence-corrected chi connectivity index (χ2v) is 6.57. The molecule has 5 nitrogen and oxygen atoms in total. The Bertz CT molecular complexity index is 887. The summed E-state index contributed by atoms with van der Waals surface area (Å²) in [7, 11) is 0. The van der Waals surface area contributed by atoms with Crippen molar-refractivity contribution in [2.75, 3.05) is 11.1 Å². The van der Waals surface area contributed by atoms with Crippen LogP contribution in [0.1, 0.15) is 20.1 Å². The highest BCUT2D eigenvalue weighted by Gasteiger charge is 2.10. The largest absolute Gasteiger partial charge is 0.383 e. The molecule has 0 radical (unpaired) electrons. The van der Waals surface area contributed by atoms with Crippen LogP contribution in [0, 0.1) is 5.82 Å². The van der Waals surface area contributed by atoms with Gasteiger partial charge in [-0.15, -0.1) is 23.7 Å². The molecule has 0 atom stereocenters. The lowest BCUT2D eigenvalue weighted by Crippen LogP contribution is -2.23. The first-order valence-corrected chi connectivity index (χ1v) is 8.50. The first kappa shape index (κ1) is 19.7. The molecule has 0 aliphatic rings. The SMILES string of the molecule is Cl.Nc1ncccc1C(=O)NCc1ccc(CNc2ccccc2F)s1. The van der Waals surface area contributed by atoms with E-state index in [-0.39, 0.29) is 29.9 Å². The summed E-state index contributed by atoms with van der Waals surface area (Å²) in [5.41, 5.74) is 6.53. The van der Waals surface area contributed by atoms with Crippen LogP contribution in [0.2, 0.25) is 0 Å². The van der Waals surface area contributed by atoms with Crippen molar-refractivity contribution in [3.8, 4) is 0 Å². The molecule has 0 bridgehead atoms. The van der Waals surface area contributed by atoms with E-state index < -0.39 is 0 Å². The normalized spacial score (nSPS) is 10.0. The van der Waals surface area contributed by atoms with Gasteiger partial charge in [-0.05, 0) is 36.4 Å². The lowest BCUT2D eigenvalue weighted by molar-refractivity contribution is 0.0952. The van der Waals surface area contributed by atoms with Gasteiger partial charge in [0.2, 0.25) is 0 Å². The highest BCUT2D eigenvalue weighted by molar-refractivity contribution is 7.12. The Balaban J connectivity index is 0.00000243. The number of carbonyl (C=O) groups is 1. The summed E-state index contributed by atoms with van der Waals surface area (Å²) < 4.78 is 13.6. The molecule has 0 saturated heterocycles. The van der Waals surface area contributed by atoms with E-state index in [1.54, 1.807) is 47.9 Å². The molecule has 3 aromatic rings. The molecule has 0 aliphatic carbocycles. The number of thiophene rings is 1. The molecule has 2 heterocycles. The summed E-state index contributed by atoms with van der Waals surface area (Å²) in [4.78, 5) is 18.1. The van der Waals surface area contributed by atoms with Crippen LogP contribution in [0.15, 0.2) is 54.7 Å². The molecule has 136 valence electrons. The molecule has 4 N–H and O–H groups in total. The maximum Gasteiger partial charge on any atom is 0.255 e. The number of halogens is 2. The van der Waals surface area contributed by atoms with Gasteiger partial charge in [-0.3, -0.25) is 4.79 Å². The highest BCUT2D eigenvalue weighted by Crippen LogP contribution is 2.19. The topological polar surface area (TPSA) is 80.0 Å². The van der Waals surface area contributed by atoms with Crippen LogP contribution in [-0.2, 0) is 13.1 Å². The Morgan fingerprint density at radius 2 is 1.81 bits per heavy atom. The van der Waals surface area contributed by atoms with Crippen molar-refractivity contribution in [3.05, 3.63) is 75.9 Å². The summed E-state index contributed by atoms with van der Waals surface area (Å²) in [5.74, 6) is -0.327. The minimum atomic E-state index is -0.277. The number of para-hydroxylation sites is 1. The van der Waals surface area contributed by atoms with Gasteiger partial charge in [0.15, 0.2) is 0 Å². The number of carbonyl (C=O) groups excluding carboxylic acids is 1. The first-order chi connectivity index (χ1) is 12.1. The number of amides is 1.